The van der Waals surface area contributed by atoms with Gasteiger partial charge < -0.3 is 5.32 Å². The first kappa shape index (κ1) is 16.1. The third-order valence-electron chi connectivity index (χ3n) is 3.54. The summed E-state index contributed by atoms with van der Waals surface area (Å²) in [5.41, 5.74) is 2.33. The van der Waals surface area contributed by atoms with Gasteiger partial charge in [-0.15, -0.1) is 0 Å². The van der Waals surface area contributed by atoms with E-state index in [-0.39, 0.29) is 5.91 Å². The molecule has 0 bridgehead atoms. The van der Waals surface area contributed by atoms with E-state index in [1.54, 1.807) is 24.3 Å². The van der Waals surface area contributed by atoms with Crippen molar-refractivity contribution in [1.82, 2.24) is 0 Å². The number of nitriles is 1. The van der Waals surface area contributed by atoms with Crippen molar-refractivity contribution < 1.29 is 4.79 Å². The van der Waals surface area contributed by atoms with Crippen LogP contribution >= 0.6 is 11.6 Å². The van der Waals surface area contributed by atoms with E-state index < -0.39 is 5.41 Å². The van der Waals surface area contributed by atoms with Crippen molar-refractivity contribution in [3.8, 4) is 6.07 Å². The Labute approximate surface area is 135 Å². The Morgan fingerprint density at radius 2 is 1.95 bits per heavy atom. The minimum Gasteiger partial charge on any atom is -0.322 e. The summed E-state index contributed by atoms with van der Waals surface area (Å²) in [5, 5.41) is 12.7. The maximum atomic E-state index is 12.3. The number of nitrogens with one attached hydrogen (secondary N) is 1. The molecule has 0 heterocycles. The average Bonchev–Trinajstić information content (AvgIpc) is 2.50. The van der Waals surface area contributed by atoms with Crippen molar-refractivity contribution in [2.24, 2.45) is 0 Å². The summed E-state index contributed by atoms with van der Waals surface area (Å²) in [4.78, 5) is 12.3. The van der Waals surface area contributed by atoms with Gasteiger partial charge in [-0.2, -0.15) is 5.26 Å². The number of halogens is 1. The van der Waals surface area contributed by atoms with Gasteiger partial charge in [0.25, 0.3) is 5.91 Å². The summed E-state index contributed by atoms with van der Waals surface area (Å²) in [7, 11) is 0. The first-order valence-electron chi connectivity index (χ1n) is 6.93. The van der Waals surface area contributed by atoms with Crippen LogP contribution in [0.5, 0.6) is 0 Å². The highest BCUT2D eigenvalue weighted by atomic mass is 35.5. The van der Waals surface area contributed by atoms with Gasteiger partial charge in [-0.05, 0) is 62.2 Å². The molecule has 1 N–H and O–H groups in total. The molecular formula is C18H17ClN2O. The van der Waals surface area contributed by atoms with Crippen LogP contribution in [0.25, 0.3) is 0 Å². The molecule has 0 atom stereocenters. The Balaban J connectivity index is 2.24. The first-order valence-corrected chi connectivity index (χ1v) is 7.30. The Hall–Kier alpha value is -2.31. The Kier molecular flexibility index (Phi) is 4.54. The van der Waals surface area contributed by atoms with Gasteiger partial charge in [-0.1, -0.05) is 23.7 Å². The second-order valence-corrected chi connectivity index (χ2v) is 6.14. The molecule has 0 unspecified atom stereocenters. The number of hydrogen-bond acceptors (Lipinski definition) is 2. The van der Waals surface area contributed by atoms with Gasteiger partial charge in [-0.25, -0.2) is 0 Å². The standard InChI is InChI=1S/C18H17ClN2O/c1-12-9-13(7-8-16(12)19)17(22)21-15-6-4-5-14(10-15)18(2,3)11-20/h4-10H,1-3H3,(H,21,22). The second-order valence-electron chi connectivity index (χ2n) is 5.74. The quantitative estimate of drug-likeness (QED) is 0.893. The maximum Gasteiger partial charge on any atom is 0.255 e. The summed E-state index contributed by atoms with van der Waals surface area (Å²) >= 11 is 5.97. The van der Waals surface area contributed by atoms with Crippen LogP contribution in [-0.4, -0.2) is 5.91 Å². The first-order chi connectivity index (χ1) is 10.3. The molecule has 112 valence electrons. The van der Waals surface area contributed by atoms with Gasteiger partial charge in [0.1, 0.15) is 0 Å². The van der Waals surface area contributed by atoms with Crippen molar-refractivity contribution >= 4 is 23.2 Å². The number of anilines is 1. The SMILES string of the molecule is Cc1cc(C(=O)Nc2cccc(C(C)(C)C#N)c2)ccc1Cl. The van der Waals surface area contributed by atoms with E-state index in [1.165, 1.54) is 0 Å². The van der Waals surface area contributed by atoms with E-state index in [0.29, 0.717) is 16.3 Å². The van der Waals surface area contributed by atoms with Crippen molar-refractivity contribution in [3.63, 3.8) is 0 Å². The molecule has 0 fully saturated rings. The molecule has 0 aliphatic rings. The molecule has 1 amide bonds. The minimum absolute atomic E-state index is 0.202. The molecule has 0 saturated carbocycles. The van der Waals surface area contributed by atoms with E-state index in [9.17, 15) is 10.1 Å². The monoisotopic (exact) mass is 312 g/mol. The molecule has 22 heavy (non-hydrogen) atoms. The molecule has 2 rings (SSSR count). The van der Waals surface area contributed by atoms with Crippen LogP contribution in [-0.2, 0) is 5.41 Å². The molecule has 0 aliphatic heterocycles. The Bertz CT molecular complexity index is 760. The summed E-state index contributed by atoms with van der Waals surface area (Å²) in [6.07, 6.45) is 0. The smallest absolute Gasteiger partial charge is 0.255 e. The fourth-order valence-electron chi connectivity index (χ4n) is 2.04. The third kappa shape index (κ3) is 3.47. The highest BCUT2D eigenvalue weighted by Crippen LogP contribution is 2.25. The van der Waals surface area contributed by atoms with E-state index in [0.717, 1.165) is 11.1 Å². The van der Waals surface area contributed by atoms with Crippen LogP contribution in [0.2, 0.25) is 5.02 Å². The van der Waals surface area contributed by atoms with Crippen LogP contribution in [0.4, 0.5) is 5.69 Å². The van der Waals surface area contributed by atoms with E-state index in [1.807, 2.05) is 39.0 Å². The zero-order chi connectivity index (χ0) is 16.3. The van der Waals surface area contributed by atoms with Crippen LogP contribution in [0.3, 0.4) is 0 Å². The summed E-state index contributed by atoms with van der Waals surface area (Å²) in [6, 6.07) is 14.7. The molecule has 0 aromatic heterocycles. The van der Waals surface area contributed by atoms with Gasteiger partial charge in [0, 0.05) is 16.3 Å². The van der Waals surface area contributed by atoms with E-state index in [2.05, 4.69) is 11.4 Å². The number of aryl methyl sites for hydroxylation is 1. The Morgan fingerprint density at radius 1 is 1.23 bits per heavy atom. The lowest BCUT2D eigenvalue weighted by atomic mass is 9.86. The third-order valence-corrected chi connectivity index (χ3v) is 3.97. The molecular weight excluding hydrogens is 296 g/mol. The van der Waals surface area contributed by atoms with Crippen LogP contribution in [0.1, 0.15) is 35.3 Å². The van der Waals surface area contributed by atoms with Crippen LogP contribution in [0.15, 0.2) is 42.5 Å². The molecule has 0 radical (unpaired) electrons. The van der Waals surface area contributed by atoms with Gasteiger partial charge >= 0.3 is 0 Å². The predicted octanol–water partition coefficient (Wildman–Crippen LogP) is 4.70. The van der Waals surface area contributed by atoms with Gasteiger partial charge in [-0.3, -0.25) is 4.79 Å². The van der Waals surface area contributed by atoms with Crippen LogP contribution in [0, 0.1) is 18.3 Å². The van der Waals surface area contributed by atoms with Crippen molar-refractivity contribution in [2.45, 2.75) is 26.2 Å². The average molecular weight is 313 g/mol. The lowest BCUT2D eigenvalue weighted by Crippen LogP contribution is -2.16. The number of amides is 1. The van der Waals surface area contributed by atoms with Crippen molar-refractivity contribution in [2.75, 3.05) is 5.32 Å². The van der Waals surface area contributed by atoms with Gasteiger partial charge in [0.05, 0.1) is 11.5 Å². The van der Waals surface area contributed by atoms with Crippen molar-refractivity contribution in [1.29, 1.82) is 5.26 Å². The number of nitrogens with zero attached hydrogens (tertiary/aromatic N) is 1. The number of carbonyl (C=O) groups is 1. The zero-order valence-electron chi connectivity index (χ0n) is 12.8. The highest BCUT2D eigenvalue weighted by molar-refractivity contribution is 6.31. The molecule has 3 nitrogen and oxygen atoms in total. The van der Waals surface area contributed by atoms with Gasteiger partial charge in [0.2, 0.25) is 0 Å². The second kappa shape index (κ2) is 6.21. The summed E-state index contributed by atoms with van der Waals surface area (Å²) in [6.45, 7) is 5.54. The van der Waals surface area contributed by atoms with E-state index in [4.69, 9.17) is 11.6 Å². The zero-order valence-corrected chi connectivity index (χ0v) is 13.5. The molecule has 2 aromatic rings. The number of rotatable bonds is 3. The van der Waals surface area contributed by atoms with Gasteiger partial charge in [0.15, 0.2) is 0 Å². The summed E-state index contributed by atoms with van der Waals surface area (Å²) < 4.78 is 0. The largest absolute Gasteiger partial charge is 0.322 e. The number of hydrogen-bond donors (Lipinski definition) is 1. The lowest BCUT2D eigenvalue weighted by molar-refractivity contribution is 0.102. The highest BCUT2D eigenvalue weighted by Gasteiger charge is 2.20. The predicted molar refractivity (Wildman–Crippen MR) is 89.2 cm³/mol. The lowest BCUT2D eigenvalue weighted by Gasteiger charge is -2.17. The van der Waals surface area contributed by atoms with E-state index >= 15 is 0 Å². The fourth-order valence-corrected chi connectivity index (χ4v) is 2.16. The Morgan fingerprint density at radius 3 is 2.59 bits per heavy atom. The number of carbonyl (C=O) groups excluding carboxylic acids is 1. The molecule has 0 saturated heterocycles. The molecule has 0 aliphatic carbocycles. The normalized spacial score (nSPS) is 10.9. The topological polar surface area (TPSA) is 52.9 Å². The fraction of sp³-hybridized carbons (Fsp3) is 0.222. The molecule has 2 aromatic carbocycles. The van der Waals surface area contributed by atoms with Crippen molar-refractivity contribution in [3.05, 3.63) is 64.2 Å². The maximum absolute atomic E-state index is 12.3. The van der Waals surface area contributed by atoms with Crippen LogP contribution < -0.4 is 5.32 Å². The summed E-state index contributed by atoms with van der Waals surface area (Å²) in [5.74, 6) is -0.202. The molecule has 4 heteroatoms. The minimum atomic E-state index is -0.600. The molecule has 0 spiro atoms. The number of benzene rings is 2.